The van der Waals surface area contributed by atoms with E-state index in [-0.39, 0.29) is 12.6 Å². The standard InChI is InChI=1S/C15H23N3O4S/c1-17(2)23(20,21)18(14-8-10-16-11-9-14)15(19)22-12-13-6-4-3-5-7-13/h3-7,14,16H,8-12H2,1-2H3. The fourth-order valence-corrected chi connectivity index (χ4v) is 3.61. The fraction of sp³-hybridized carbons (Fsp3) is 0.533. The van der Waals surface area contributed by atoms with Gasteiger partial charge in [0.1, 0.15) is 6.61 Å². The number of nitrogens with one attached hydrogen (secondary N) is 1. The highest BCUT2D eigenvalue weighted by Crippen LogP contribution is 2.19. The van der Waals surface area contributed by atoms with E-state index in [4.69, 9.17) is 4.74 Å². The van der Waals surface area contributed by atoms with Gasteiger partial charge in [0.15, 0.2) is 0 Å². The number of hydrogen-bond donors (Lipinski definition) is 1. The van der Waals surface area contributed by atoms with Gasteiger partial charge in [-0.2, -0.15) is 17.0 Å². The number of amides is 1. The molecule has 1 N–H and O–H groups in total. The molecule has 0 aromatic heterocycles. The Balaban J connectivity index is 2.14. The first-order valence-corrected chi connectivity index (χ1v) is 8.96. The van der Waals surface area contributed by atoms with Crippen LogP contribution in [0.15, 0.2) is 30.3 Å². The van der Waals surface area contributed by atoms with Crippen LogP contribution >= 0.6 is 0 Å². The molecular formula is C15H23N3O4S. The smallest absolute Gasteiger partial charge is 0.425 e. The van der Waals surface area contributed by atoms with Gasteiger partial charge in [0.25, 0.3) is 0 Å². The van der Waals surface area contributed by atoms with Crippen LogP contribution in [-0.4, -0.2) is 56.3 Å². The van der Waals surface area contributed by atoms with E-state index in [9.17, 15) is 13.2 Å². The number of ether oxygens (including phenoxy) is 1. The summed E-state index contributed by atoms with van der Waals surface area (Å²) < 4.78 is 32.2. The molecule has 0 atom stereocenters. The number of carbonyl (C=O) groups is 1. The molecule has 7 nitrogen and oxygen atoms in total. The quantitative estimate of drug-likeness (QED) is 0.870. The minimum atomic E-state index is -3.88. The van der Waals surface area contributed by atoms with Crippen LogP contribution in [0.4, 0.5) is 4.79 Å². The van der Waals surface area contributed by atoms with Gasteiger partial charge >= 0.3 is 16.3 Å². The van der Waals surface area contributed by atoms with Crippen LogP contribution in [0.1, 0.15) is 18.4 Å². The van der Waals surface area contributed by atoms with Gasteiger partial charge in [-0.3, -0.25) is 0 Å². The van der Waals surface area contributed by atoms with Crippen LogP contribution in [0.3, 0.4) is 0 Å². The van der Waals surface area contributed by atoms with E-state index in [2.05, 4.69) is 5.32 Å². The molecule has 0 bridgehead atoms. The zero-order valence-corrected chi connectivity index (χ0v) is 14.3. The second-order valence-corrected chi connectivity index (χ2v) is 7.63. The Bertz CT molecular complexity index is 613. The molecule has 0 saturated carbocycles. The molecule has 0 spiro atoms. The zero-order valence-electron chi connectivity index (χ0n) is 13.4. The summed E-state index contributed by atoms with van der Waals surface area (Å²) in [5.74, 6) is 0. The first-order valence-electron chi connectivity index (χ1n) is 7.56. The Morgan fingerprint density at radius 1 is 1.22 bits per heavy atom. The molecule has 1 aliphatic rings. The van der Waals surface area contributed by atoms with Crippen molar-refractivity contribution in [3.05, 3.63) is 35.9 Å². The summed E-state index contributed by atoms with van der Waals surface area (Å²) in [5, 5.41) is 3.16. The van der Waals surface area contributed by atoms with Crippen molar-refractivity contribution >= 4 is 16.3 Å². The summed E-state index contributed by atoms with van der Waals surface area (Å²) in [6.07, 6.45) is 0.329. The van der Waals surface area contributed by atoms with Crippen molar-refractivity contribution in [2.24, 2.45) is 0 Å². The Labute approximate surface area is 137 Å². The molecule has 0 unspecified atom stereocenters. The fourth-order valence-electron chi connectivity index (χ4n) is 2.43. The minimum Gasteiger partial charge on any atom is -0.444 e. The van der Waals surface area contributed by atoms with Crippen molar-refractivity contribution in [3.8, 4) is 0 Å². The lowest BCUT2D eigenvalue weighted by atomic mass is 10.1. The molecule has 1 saturated heterocycles. The average molecular weight is 341 g/mol. The van der Waals surface area contributed by atoms with Crippen LogP contribution in [-0.2, 0) is 21.6 Å². The van der Waals surface area contributed by atoms with Crippen LogP contribution < -0.4 is 5.32 Å². The minimum absolute atomic E-state index is 0.0457. The largest absolute Gasteiger partial charge is 0.444 e. The monoisotopic (exact) mass is 341 g/mol. The predicted octanol–water partition coefficient (Wildman–Crippen LogP) is 1.18. The number of rotatable bonds is 5. The lowest BCUT2D eigenvalue weighted by Gasteiger charge is -2.34. The Kier molecular flexibility index (Phi) is 5.97. The topological polar surface area (TPSA) is 79.0 Å². The number of benzene rings is 1. The molecule has 23 heavy (non-hydrogen) atoms. The summed E-state index contributed by atoms with van der Waals surface area (Å²) in [4.78, 5) is 12.4. The van der Waals surface area contributed by atoms with Crippen molar-refractivity contribution in [1.82, 2.24) is 13.9 Å². The SMILES string of the molecule is CN(C)S(=O)(=O)N(C(=O)OCc1ccccc1)C1CCNCC1. The maximum absolute atomic E-state index is 12.5. The Morgan fingerprint density at radius 2 is 1.83 bits per heavy atom. The Morgan fingerprint density at radius 3 is 2.39 bits per heavy atom. The maximum atomic E-state index is 12.5. The van der Waals surface area contributed by atoms with E-state index in [1.165, 1.54) is 14.1 Å². The summed E-state index contributed by atoms with van der Waals surface area (Å²) in [6.45, 7) is 1.40. The first kappa shape index (κ1) is 17.7. The summed E-state index contributed by atoms with van der Waals surface area (Å²) >= 11 is 0. The van der Waals surface area contributed by atoms with Gasteiger partial charge < -0.3 is 10.1 Å². The third kappa shape index (κ3) is 4.43. The van der Waals surface area contributed by atoms with Gasteiger partial charge in [-0.15, -0.1) is 0 Å². The van der Waals surface area contributed by atoms with Crippen molar-refractivity contribution in [1.29, 1.82) is 0 Å². The second kappa shape index (κ2) is 7.76. The lowest BCUT2D eigenvalue weighted by molar-refractivity contribution is 0.103. The summed E-state index contributed by atoms with van der Waals surface area (Å²) in [7, 11) is -1.06. The lowest BCUT2D eigenvalue weighted by Crippen LogP contribution is -2.52. The first-order chi connectivity index (χ1) is 10.9. The maximum Gasteiger partial charge on any atom is 0.425 e. The molecule has 2 rings (SSSR count). The van der Waals surface area contributed by atoms with Crippen molar-refractivity contribution in [3.63, 3.8) is 0 Å². The number of hydrogen-bond acceptors (Lipinski definition) is 5. The van der Waals surface area contributed by atoms with Gasteiger partial charge in [-0.05, 0) is 31.5 Å². The van der Waals surface area contributed by atoms with Gasteiger partial charge in [0.05, 0.1) is 6.04 Å². The van der Waals surface area contributed by atoms with Gasteiger partial charge in [0, 0.05) is 14.1 Å². The molecule has 0 radical (unpaired) electrons. The van der Waals surface area contributed by atoms with E-state index in [1.807, 2.05) is 30.3 Å². The van der Waals surface area contributed by atoms with E-state index in [0.717, 1.165) is 14.2 Å². The Hall–Kier alpha value is -1.64. The average Bonchev–Trinajstić information content (AvgIpc) is 2.55. The van der Waals surface area contributed by atoms with E-state index in [0.29, 0.717) is 25.9 Å². The third-order valence-corrected chi connectivity index (χ3v) is 5.60. The molecule has 1 heterocycles. The molecule has 128 valence electrons. The highest BCUT2D eigenvalue weighted by Gasteiger charge is 2.37. The normalized spacial score (nSPS) is 16.3. The van der Waals surface area contributed by atoms with Gasteiger partial charge in [-0.25, -0.2) is 4.79 Å². The van der Waals surface area contributed by atoms with Crippen molar-refractivity contribution in [2.75, 3.05) is 27.2 Å². The van der Waals surface area contributed by atoms with E-state index in [1.54, 1.807) is 0 Å². The molecule has 1 aromatic carbocycles. The molecule has 0 aliphatic carbocycles. The van der Waals surface area contributed by atoms with Crippen molar-refractivity contribution in [2.45, 2.75) is 25.5 Å². The summed E-state index contributed by atoms with van der Waals surface area (Å²) in [5.41, 5.74) is 0.813. The predicted molar refractivity (Wildman–Crippen MR) is 87.0 cm³/mol. The molecule has 1 aliphatic heterocycles. The number of piperidine rings is 1. The second-order valence-electron chi connectivity index (χ2n) is 5.61. The van der Waals surface area contributed by atoms with Crippen LogP contribution in [0.25, 0.3) is 0 Å². The molecule has 8 heteroatoms. The van der Waals surface area contributed by atoms with Crippen LogP contribution in [0.2, 0.25) is 0 Å². The van der Waals surface area contributed by atoms with Gasteiger partial charge in [0.2, 0.25) is 0 Å². The third-order valence-electron chi connectivity index (χ3n) is 3.74. The number of nitrogens with zero attached hydrogens (tertiary/aromatic N) is 2. The zero-order chi connectivity index (χ0) is 16.9. The molecule has 1 fully saturated rings. The van der Waals surface area contributed by atoms with E-state index >= 15 is 0 Å². The highest BCUT2D eigenvalue weighted by atomic mass is 32.2. The molecule has 1 aromatic rings. The van der Waals surface area contributed by atoms with Crippen LogP contribution in [0.5, 0.6) is 0 Å². The van der Waals surface area contributed by atoms with Crippen LogP contribution in [0, 0.1) is 0 Å². The number of carbonyl (C=O) groups excluding carboxylic acids is 1. The highest BCUT2D eigenvalue weighted by molar-refractivity contribution is 7.87. The van der Waals surface area contributed by atoms with Crippen molar-refractivity contribution < 1.29 is 17.9 Å². The molecular weight excluding hydrogens is 318 g/mol. The molecule has 1 amide bonds. The van der Waals surface area contributed by atoms with Gasteiger partial charge in [-0.1, -0.05) is 30.3 Å². The van der Waals surface area contributed by atoms with E-state index < -0.39 is 16.3 Å². The summed E-state index contributed by atoms with van der Waals surface area (Å²) in [6, 6.07) is 8.80.